The quantitative estimate of drug-likeness (QED) is 0.619. The van der Waals surface area contributed by atoms with Gasteiger partial charge in [-0.15, -0.1) is 24.8 Å². The highest BCUT2D eigenvalue weighted by molar-refractivity contribution is 9.10. The first-order valence-electron chi connectivity index (χ1n) is 4.96. The number of nitrogens with one attached hydrogen (secondary N) is 1. The van der Waals surface area contributed by atoms with E-state index in [0.717, 1.165) is 6.07 Å². The fraction of sp³-hybridized carbons (Fsp3) is 0.400. The topological polar surface area (TPSA) is 41.5 Å². The monoisotopic (exact) mass is 365 g/mol. The fourth-order valence-electron chi connectivity index (χ4n) is 1.19. The minimum atomic E-state index is -5.02. The minimum absolute atomic E-state index is 0.116. The van der Waals surface area contributed by atoms with Crippen molar-refractivity contribution in [3.8, 4) is 5.75 Å². The van der Waals surface area contributed by atoms with Gasteiger partial charge in [-0.3, -0.25) is 0 Å². The standard InChI is InChI=1S/C10H9BrClF4NO2/c11-6-1-2-7(13)9(19-10(14,15)16)8(6)17-4-5(18)3-12/h1-2,5,17-18H,3-4H2. The van der Waals surface area contributed by atoms with Gasteiger partial charge in [-0.05, 0) is 28.1 Å². The van der Waals surface area contributed by atoms with Crippen molar-refractivity contribution in [1.29, 1.82) is 0 Å². The molecule has 19 heavy (non-hydrogen) atoms. The maximum absolute atomic E-state index is 13.4. The number of aliphatic hydroxyl groups is 1. The van der Waals surface area contributed by atoms with Crippen molar-refractivity contribution in [3.05, 3.63) is 22.4 Å². The third kappa shape index (κ3) is 5.04. The molecular formula is C10H9BrClF4NO2. The lowest BCUT2D eigenvalue weighted by Gasteiger charge is -2.17. The predicted molar refractivity (Wildman–Crippen MR) is 66.0 cm³/mol. The molecule has 0 aliphatic heterocycles. The molecule has 9 heteroatoms. The Bertz CT molecular complexity index is 444. The molecule has 3 nitrogen and oxygen atoms in total. The molecule has 0 radical (unpaired) electrons. The van der Waals surface area contributed by atoms with E-state index in [9.17, 15) is 22.7 Å². The molecule has 0 bridgehead atoms. The molecule has 0 saturated heterocycles. The third-order valence-corrected chi connectivity index (χ3v) is 2.99. The average molecular weight is 367 g/mol. The van der Waals surface area contributed by atoms with Gasteiger partial charge in [0.25, 0.3) is 0 Å². The molecule has 1 aromatic rings. The second-order valence-electron chi connectivity index (χ2n) is 3.47. The number of benzene rings is 1. The number of hydrogen-bond acceptors (Lipinski definition) is 3. The van der Waals surface area contributed by atoms with Gasteiger partial charge in [0.2, 0.25) is 0 Å². The van der Waals surface area contributed by atoms with Gasteiger partial charge in [-0.1, -0.05) is 0 Å². The fourth-order valence-corrected chi connectivity index (χ4v) is 1.75. The van der Waals surface area contributed by atoms with Crippen LogP contribution >= 0.6 is 27.5 Å². The molecule has 108 valence electrons. The zero-order chi connectivity index (χ0) is 14.6. The van der Waals surface area contributed by atoms with Crippen LogP contribution in [0.2, 0.25) is 0 Å². The van der Waals surface area contributed by atoms with Crippen molar-refractivity contribution in [2.45, 2.75) is 12.5 Å². The summed E-state index contributed by atoms with van der Waals surface area (Å²) in [7, 11) is 0. The van der Waals surface area contributed by atoms with Gasteiger partial charge in [0.05, 0.1) is 17.7 Å². The van der Waals surface area contributed by atoms with Gasteiger partial charge < -0.3 is 15.2 Å². The van der Waals surface area contributed by atoms with E-state index in [1.54, 1.807) is 0 Å². The molecule has 0 amide bonds. The molecule has 0 heterocycles. The van der Waals surface area contributed by atoms with E-state index in [1.807, 2.05) is 0 Å². The van der Waals surface area contributed by atoms with Gasteiger partial charge in [0, 0.05) is 11.0 Å². The highest BCUT2D eigenvalue weighted by atomic mass is 79.9. The van der Waals surface area contributed by atoms with Crippen molar-refractivity contribution in [3.63, 3.8) is 0 Å². The van der Waals surface area contributed by atoms with E-state index in [4.69, 9.17) is 11.6 Å². The molecule has 0 aliphatic rings. The lowest BCUT2D eigenvalue weighted by atomic mass is 10.2. The number of aliphatic hydroxyl groups excluding tert-OH is 1. The Kier molecular flexibility index (Phi) is 5.69. The maximum atomic E-state index is 13.4. The maximum Gasteiger partial charge on any atom is 0.573 e. The van der Waals surface area contributed by atoms with Crippen molar-refractivity contribution in [1.82, 2.24) is 0 Å². The first kappa shape index (κ1) is 16.3. The largest absolute Gasteiger partial charge is 0.573 e. The summed E-state index contributed by atoms with van der Waals surface area (Å²) in [5.41, 5.74) is -0.249. The van der Waals surface area contributed by atoms with Crippen LogP contribution in [0, 0.1) is 5.82 Å². The summed E-state index contributed by atoms with van der Waals surface area (Å²) in [5.74, 6) is -2.29. The number of rotatable bonds is 5. The van der Waals surface area contributed by atoms with E-state index < -0.39 is 24.0 Å². The van der Waals surface area contributed by atoms with Gasteiger partial charge in [0.1, 0.15) is 0 Å². The molecule has 0 fully saturated rings. The van der Waals surface area contributed by atoms with Gasteiger partial charge in [0.15, 0.2) is 11.6 Å². The lowest BCUT2D eigenvalue weighted by molar-refractivity contribution is -0.275. The van der Waals surface area contributed by atoms with Crippen molar-refractivity contribution >= 4 is 33.2 Å². The Morgan fingerprint density at radius 1 is 1.42 bits per heavy atom. The van der Waals surface area contributed by atoms with Crippen LogP contribution in [0.25, 0.3) is 0 Å². The molecule has 1 unspecified atom stereocenters. The number of alkyl halides is 4. The molecule has 1 rings (SSSR count). The van der Waals surface area contributed by atoms with Crippen LogP contribution in [0.1, 0.15) is 0 Å². The van der Waals surface area contributed by atoms with E-state index in [2.05, 4.69) is 26.0 Å². The van der Waals surface area contributed by atoms with Crippen molar-refractivity contribution in [2.75, 3.05) is 17.7 Å². The number of ether oxygens (including phenoxy) is 1. The van der Waals surface area contributed by atoms with Crippen LogP contribution in [-0.2, 0) is 0 Å². The van der Waals surface area contributed by atoms with Crippen molar-refractivity contribution in [2.24, 2.45) is 0 Å². The molecule has 2 N–H and O–H groups in total. The summed E-state index contributed by atoms with van der Waals surface area (Å²) in [6.07, 6.45) is -6.01. The van der Waals surface area contributed by atoms with Gasteiger partial charge >= 0.3 is 6.36 Å². The SMILES string of the molecule is OC(CCl)CNc1c(Br)ccc(F)c1OC(F)(F)F. The van der Waals surface area contributed by atoms with E-state index in [0.29, 0.717) is 0 Å². The molecule has 0 aliphatic carbocycles. The first-order valence-corrected chi connectivity index (χ1v) is 6.29. The third-order valence-electron chi connectivity index (χ3n) is 1.97. The van der Waals surface area contributed by atoms with Gasteiger partial charge in [-0.2, -0.15) is 0 Å². The summed E-state index contributed by atoms with van der Waals surface area (Å²) in [5, 5.41) is 11.7. The Labute approximate surface area is 119 Å². The van der Waals surface area contributed by atoms with Crippen LogP contribution in [0.4, 0.5) is 23.2 Å². The van der Waals surface area contributed by atoms with Gasteiger partial charge in [-0.25, -0.2) is 4.39 Å². The Balaban J connectivity index is 3.03. The van der Waals surface area contributed by atoms with Crippen LogP contribution in [0.15, 0.2) is 16.6 Å². The molecule has 0 spiro atoms. The normalized spacial score (nSPS) is 13.2. The average Bonchev–Trinajstić information content (AvgIpc) is 2.31. The second-order valence-corrected chi connectivity index (χ2v) is 4.63. The van der Waals surface area contributed by atoms with Crippen LogP contribution < -0.4 is 10.1 Å². The van der Waals surface area contributed by atoms with Crippen LogP contribution in [0.5, 0.6) is 5.75 Å². The minimum Gasteiger partial charge on any atom is -0.400 e. The van der Waals surface area contributed by atoms with Crippen molar-refractivity contribution < 1.29 is 27.4 Å². The Morgan fingerprint density at radius 2 is 2.05 bits per heavy atom. The number of anilines is 1. The predicted octanol–water partition coefficient (Wildman–Crippen LogP) is 3.50. The Hall–Kier alpha value is -0.730. The number of hydrogen-bond donors (Lipinski definition) is 2. The first-order chi connectivity index (χ1) is 8.74. The van der Waals surface area contributed by atoms with E-state index in [-0.39, 0.29) is 22.6 Å². The van der Waals surface area contributed by atoms with E-state index in [1.165, 1.54) is 6.07 Å². The highest BCUT2D eigenvalue weighted by Gasteiger charge is 2.34. The highest BCUT2D eigenvalue weighted by Crippen LogP contribution is 2.38. The summed E-state index contributed by atoms with van der Waals surface area (Å²) in [6, 6.07) is 2.04. The molecular weight excluding hydrogens is 357 g/mol. The van der Waals surface area contributed by atoms with E-state index >= 15 is 0 Å². The molecule has 0 saturated carbocycles. The molecule has 1 atom stereocenters. The zero-order valence-corrected chi connectivity index (χ0v) is 11.6. The summed E-state index contributed by atoms with van der Waals surface area (Å²) < 4.78 is 53.8. The second kappa shape index (κ2) is 6.62. The van der Waals surface area contributed by atoms with Crippen LogP contribution in [0.3, 0.4) is 0 Å². The van der Waals surface area contributed by atoms with Crippen LogP contribution in [-0.4, -0.2) is 30.0 Å². The number of halogens is 6. The molecule has 0 aromatic heterocycles. The summed E-state index contributed by atoms with van der Waals surface area (Å²) in [4.78, 5) is 0. The molecule has 1 aromatic carbocycles. The zero-order valence-electron chi connectivity index (χ0n) is 9.27. The summed E-state index contributed by atoms with van der Waals surface area (Å²) in [6.45, 7) is -0.153. The lowest BCUT2D eigenvalue weighted by Crippen LogP contribution is -2.23. The smallest absolute Gasteiger partial charge is 0.400 e. The Morgan fingerprint density at radius 3 is 2.58 bits per heavy atom. The summed E-state index contributed by atoms with van der Waals surface area (Å²) >= 11 is 8.32.